The van der Waals surface area contributed by atoms with Crippen molar-refractivity contribution in [1.29, 1.82) is 0 Å². The van der Waals surface area contributed by atoms with Gasteiger partial charge in [0.1, 0.15) is 11.4 Å². The number of H-pyrrole nitrogens is 1. The first kappa shape index (κ1) is 18.6. The summed E-state index contributed by atoms with van der Waals surface area (Å²) in [6, 6.07) is 16.0. The standard InChI is InChI=1S/C21H22N2O4S/c1-27-16-6-8-17(9-7-16)28(25,26)18-10-12-23(13-11-18)21(24)20-14-15-4-2-3-5-19(15)22-20/h2-9,14,18,22H,10-13H2,1H3. The molecule has 146 valence electrons. The zero-order chi connectivity index (χ0) is 19.7. The number of fused-ring (bicyclic) bond motifs is 1. The summed E-state index contributed by atoms with van der Waals surface area (Å²) in [6.07, 6.45) is 0.862. The molecule has 1 aliphatic heterocycles. The van der Waals surface area contributed by atoms with Crippen LogP contribution in [0.25, 0.3) is 10.9 Å². The summed E-state index contributed by atoms with van der Waals surface area (Å²) in [7, 11) is -1.88. The highest BCUT2D eigenvalue weighted by Gasteiger charge is 2.33. The van der Waals surface area contributed by atoms with E-state index in [2.05, 4.69) is 4.98 Å². The normalized spacial score (nSPS) is 15.7. The van der Waals surface area contributed by atoms with E-state index >= 15 is 0 Å². The first-order valence-corrected chi connectivity index (χ1v) is 10.8. The second-order valence-electron chi connectivity index (χ2n) is 6.98. The average molecular weight is 398 g/mol. The minimum atomic E-state index is -3.42. The number of nitrogens with one attached hydrogen (secondary N) is 1. The molecule has 0 aliphatic carbocycles. The van der Waals surface area contributed by atoms with Crippen molar-refractivity contribution < 1.29 is 17.9 Å². The Balaban J connectivity index is 1.45. The Morgan fingerprint density at radius 2 is 1.75 bits per heavy atom. The van der Waals surface area contributed by atoms with Crippen molar-refractivity contribution in [3.05, 3.63) is 60.3 Å². The van der Waals surface area contributed by atoms with Gasteiger partial charge in [0.2, 0.25) is 0 Å². The average Bonchev–Trinajstić information content (AvgIpc) is 3.17. The van der Waals surface area contributed by atoms with Crippen LogP contribution in [0.2, 0.25) is 0 Å². The van der Waals surface area contributed by atoms with E-state index in [0.717, 1.165) is 10.9 Å². The molecular weight excluding hydrogens is 376 g/mol. The third-order valence-electron chi connectivity index (χ3n) is 5.32. The van der Waals surface area contributed by atoms with Crippen LogP contribution in [0.3, 0.4) is 0 Å². The van der Waals surface area contributed by atoms with E-state index in [9.17, 15) is 13.2 Å². The Morgan fingerprint density at radius 1 is 1.07 bits per heavy atom. The minimum absolute atomic E-state index is 0.0866. The quantitative estimate of drug-likeness (QED) is 0.732. The van der Waals surface area contributed by atoms with Crippen molar-refractivity contribution in [2.45, 2.75) is 23.0 Å². The zero-order valence-corrected chi connectivity index (χ0v) is 16.4. The fourth-order valence-corrected chi connectivity index (χ4v) is 5.42. The molecule has 0 spiro atoms. The molecule has 6 nitrogen and oxygen atoms in total. The Bertz CT molecular complexity index is 1060. The van der Waals surface area contributed by atoms with Gasteiger partial charge in [-0.15, -0.1) is 0 Å². The number of carbonyl (C=O) groups is 1. The number of aromatic amines is 1. The number of ether oxygens (including phenoxy) is 1. The maximum Gasteiger partial charge on any atom is 0.270 e. The van der Waals surface area contributed by atoms with Crippen molar-refractivity contribution in [3.8, 4) is 5.75 Å². The number of rotatable bonds is 4. The second kappa shape index (κ2) is 7.31. The van der Waals surface area contributed by atoms with Crippen LogP contribution in [0.1, 0.15) is 23.3 Å². The number of hydrogen-bond donors (Lipinski definition) is 1. The number of sulfone groups is 1. The highest BCUT2D eigenvalue weighted by molar-refractivity contribution is 7.92. The van der Waals surface area contributed by atoms with Crippen molar-refractivity contribution in [2.75, 3.05) is 20.2 Å². The van der Waals surface area contributed by atoms with Crippen LogP contribution in [0.5, 0.6) is 5.75 Å². The van der Waals surface area contributed by atoms with Gasteiger partial charge in [-0.2, -0.15) is 0 Å². The molecule has 3 aromatic rings. The van der Waals surface area contributed by atoms with E-state index in [-0.39, 0.29) is 5.91 Å². The molecule has 1 aliphatic rings. The molecule has 7 heteroatoms. The zero-order valence-electron chi connectivity index (χ0n) is 15.6. The van der Waals surface area contributed by atoms with Gasteiger partial charge in [-0.25, -0.2) is 8.42 Å². The van der Waals surface area contributed by atoms with Crippen LogP contribution < -0.4 is 4.74 Å². The van der Waals surface area contributed by atoms with E-state index in [1.165, 1.54) is 0 Å². The molecule has 28 heavy (non-hydrogen) atoms. The number of carbonyl (C=O) groups excluding carboxylic acids is 1. The molecule has 0 radical (unpaired) electrons. The molecule has 2 heterocycles. The van der Waals surface area contributed by atoms with Crippen LogP contribution in [0, 0.1) is 0 Å². The summed E-state index contributed by atoms with van der Waals surface area (Å²) in [4.78, 5) is 18.0. The van der Waals surface area contributed by atoms with Gasteiger partial charge >= 0.3 is 0 Å². The SMILES string of the molecule is COc1ccc(S(=O)(=O)C2CCN(C(=O)c3cc4ccccc4[nH]3)CC2)cc1. The number of piperidine rings is 1. The lowest BCUT2D eigenvalue weighted by Gasteiger charge is -2.31. The second-order valence-corrected chi connectivity index (χ2v) is 9.21. The number of aromatic nitrogens is 1. The topological polar surface area (TPSA) is 79.5 Å². The lowest BCUT2D eigenvalue weighted by atomic mass is 10.1. The molecule has 4 rings (SSSR count). The lowest BCUT2D eigenvalue weighted by molar-refractivity contribution is 0.0720. The van der Waals surface area contributed by atoms with Crippen LogP contribution >= 0.6 is 0 Å². The monoisotopic (exact) mass is 398 g/mol. The number of amides is 1. The first-order chi connectivity index (χ1) is 13.5. The predicted molar refractivity (Wildman–Crippen MR) is 107 cm³/mol. The Kier molecular flexibility index (Phi) is 4.85. The molecule has 2 aromatic carbocycles. The molecule has 0 bridgehead atoms. The largest absolute Gasteiger partial charge is 0.497 e. The molecule has 0 saturated carbocycles. The third kappa shape index (κ3) is 3.38. The number of para-hydroxylation sites is 1. The van der Waals surface area contributed by atoms with E-state index in [1.807, 2.05) is 30.3 Å². The van der Waals surface area contributed by atoms with E-state index < -0.39 is 15.1 Å². The highest BCUT2D eigenvalue weighted by atomic mass is 32.2. The molecule has 0 unspecified atom stereocenters. The molecule has 1 fully saturated rings. The first-order valence-electron chi connectivity index (χ1n) is 9.24. The predicted octanol–water partition coefficient (Wildman–Crippen LogP) is 3.26. The Morgan fingerprint density at radius 3 is 2.39 bits per heavy atom. The molecule has 1 N–H and O–H groups in total. The van der Waals surface area contributed by atoms with Gasteiger partial charge in [0, 0.05) is 24.0 Å². The minimum Gasteiger partial charge on any atom is -0.497 e. The molecule has 1 amide bonds. The van der Waals surface area contributed by atoms with Gasteiger partial charge in [-0.1, -0.05) is 18.2 Å². The number of methoxy groups -OCH3 is 1. The fraction of sp³-hybridized carbons (Fsp3) is 0.286. The van der Waals surface area contributed by atoms with Crippen LogP contribution in [-0.4, -0.2) is 49.7 Å². The van der Waals surface area contributed by atoms with Gasteiger partial charge in [0.15, 0.2) is 9.84 Å². The maximum absolute atomic E-state index is 12.9. The number of likely N-dealkylation sites (tertiary alicyclic amines) is 1. The molecule has 0 atom stereocenters. The summed E-state index contributed by atoms with van der Waals surface area (Å²) in [5.41, 5.74) is 1.46. The summed E-state index contributed by atoms with van der Waals surface area (Å²) >= 11 is 0. The van der Waals surface area contributed by atoms with Gasteiger partial charge in [0.25, 0.3) is 5.91 Å². The van der Waals surface area contributed by atoms with E-state index in [1.54, 1.807) is 36.3 Å². The smallest absolute Gasteiger partial charge is 0.270 e. The van der Waals surface area contributed by atoms with Crippen LogP contribution in [0.15, 0.2) is 59.5 Å². The number of hydrogen-bond acceptors (Lipinski definition) is 4. The van der Waals surface area contributed by atoms with Crippen LogP contribution in [0.4, 0.5) is 0 Å². The summed E-state index contributed by atoms with van der Waals surface area (Å²) in [5.74, 6) is 0.536. The highest BCUT2D eigenvalue weighted by Crippen LogP contribution is 2.27. The summed E-state index contributed by atoms with van der Waals surface area (Å²) < 4.78 is 30.9. The van der Waals surface area contributed by atoms with Crippen molar-refractivity contribution in [3.63, 3.8) is 0 Å². The van der Waals surface area contributed by atoms with E-state index in [0.29, 0.717) is 42.3 Å². The summed E-state index contributed by atoms with van der Waals surface area (Å²) in [6.45, 7) is 0.850. The Hall–Kier alpha value is -2.80. The molecule has 1 saturated heterocycles. The molecular formula is C21H22N2O4S. The third-order valence-corrected chi connectivity index (χ3v) is 7.59. The van der Waals surface area contributed by atoms with E-state index in [4.69, 9.17) is 4.74 Å². The van der Waals surface area contributed by atoms with Crippen molar-refractivity contribution in [2.24, 2.45) is 0 Å². The molecule has 1 aromatic heterocycles. The number of benzene rings is 2. The fourth-order valence-electron chi connectivity index (χ4n) is 3.69. The van der Waals surface area contributed by atoms with Gasteiger partial charge < -0.3 is 14.6 Å². The van der Waals surface area contributed by atoms with Gasteiger partial charge in [-0.05, 0) is 49.2 Å². The maximum atomic E-state index is 12.9. The van der Waals surface area contributed by atoms with Crippen molar-refractivity contribution in [1.82, 2.24) is 9.88 Å². The van der Waals surface area contributed by atoms with Gasteiger partial charge in [-0.3, -0.25) is 4.79 Å². The summed E-state index contributed by atoms with van der Waals surface area (Å²) in [5, 5.41) is 0.510. The van der Waals surface area contributed by atoms with Crippen LogP contribution in [-0.2, 0) is 9.84 Å². The van der Waals surface area contributed by atoms with Crippen molar-refractivity contribution >= 4 is 26.6 Å². The lowest BCUT2D eigenvalue weighted by Crippen LogP contribution is -2.42. The number of nitrogens with zero attached hydrogens (tertiary/aromatic N) is 1. The Labute approximate surface area is 164 Å². The van der Waals surface area contributed by atoms with Gasteiger partial charge in [0.05, 0.1) is 17.3 Å².